The van der Waals surface area contributed by atoms with Crippen LogP contribution < -0.4 is 0 Å². The van der Waals surface area contributed by atoms with E-state index < -0.39 is 0 Å². The van der Waals surface area contributed by atoms with Gasteiger partial charge in [-0.3, -0.25) is 0 Å². The molecule has 0 aliphatic heterocycles. The van der Waals surface area contributed by atoms with Gasteiger partial charge in [0.1, 0.15) is 13.6 Å². The van der Waals surface area contributed by atoms with E-state index in [0.717, 1.165) is 13.0 Å². The van der Waals surface area contributed by atoms with Crippen molar-refractivity contribution in [3.63, 3.8) is 0 Å². The zero-order valence-electron chi connectivity index (χ0n) is 7.09. The van der Waals surface area contributed by atoms with Gasteiger partial charge in [0.05, 0.1) is 14.2 Å². The van der Waals surface area contributed by atoms with E-state index in [4.69, 9.17) is 9.68 Å². The lowest BCUT2D eigenvalue weighted by atomic mass is 10.5. The zero-order chi connectivity index (χ0) is 7.33. The molecule has 0 aliphatic carbocycles. The molecule has 0 aromatic heterocycles. The summed E-state index contributed by atoms with van der Waals surface area (Å²) in [5.74, 6) is 0. The van der Waals surface area contributed by atoms with Crippen LogP contribution in [-0.4, -0.2) is 32.6 Å². The minimum Gasteiger partial charge on any atom is -0.172 e. The molecule has 64 valence electrons. The van der Waals surface area contributed by atoms with Gasteiger partial charge in [0, 0.05) is 0 Å². The molecule has 0 aromatic rings. The van der Waals surface area contributed by atoms with E-state index in [-0.39, 0.29) is 17.2 Å². The van der Waals surface area contributed by atoms with Crippen molar-refractivity contribution in [3.8, 4) is 0 Å². The summed E-state index contributed by atoms with van der Waals surface area (Å²) in [4.78, 5) is 10.3. The minimum atomic E-state index is 0. The normalized spacial score (nSPS) is 10.8. The van der Waals surface area contributed by atoms with Crippen molar-refractivity contribution in [3.05, 3.63) is 0 Å². The topological polar surface area (TPSA) is 18.5 Å². The Balaban J connectivity index is 0. The van der Waals surface area contributed by atoms with E-state index >= 15 is 0 Å². The molecule has 3 nitrogen and oxygen atoms in total. The molecule has 0 amide bonds. The van der Waals surface area contributed by atoms with Crippen LogP contribution >= 0.6 is 12.4 Å². The maximum absolute atomic E-state index is 5.04. The zero-order valence-corrected chi connectivity index (χ0v) is 7.90. The molecule has 10 heavy (non-hydrogen) atoms. The maximum Gasteiger partial charge on any atom is 0.142 e. The monoisotopic (exact) mass is 170 g/mol. The molecular formula is C6H17ClNO2+. The molecule has 0 heterocycles. The van der Waals surface area contributed by atoms with E-state index in [0.29, 0.717) is 0 Å². The molecule has 0 fully saturated rings. The van der Waals surface area contributed by atoms with Gasteiger partial charge in [0.15, 0.2) is 0 Å². The fourth-order valence-corrected chi connectivity index (χ4v) is 0.663. The van der Waals surface area contributed by atoms with Gasteiger partial charge in [-0.1, -0.05) is 6.92 Å². The van der Waals surface area contributed by atoms with Gasteiger partial charge in [0.2, 0.25) is 0 Å². The van der Waals surface area contributed by atoms with E-state index in [9.17, 15) is 0 Å². The molecule has 0 saturated carbocycles. The first-order chi connectivity index (χ1) is 4.18. The number of rotatable bonds is 4. The molecule has 0 N–H and O–H groups in total. The first-order valence-electron chi connectivity index (χ1n) is 3.15. The molecule has 0 spiro atoms. The number of halogens is 1. The molecule has 0 atom stereocenters. The van der Waals surface area contributed by atoms with Crippen LogP contribution in [-0.2, 0) is 9.68 Å². The van der Waals surface area contributed by atoms with Gasteiger partial charge >= 0.3 is 0 Å². The van der Waals surface area contributed by atoms with Crippen LogP contribution in [0.25, 0.3) is 0 Å². The molecule has 0 radical (unpaired) electrons. The Morgan fingerprint density at radius 3 is 1.70 bits per heavy atom. The van der Waals surface area contributed by atoms with E-state index in [2.05, 4.69) is 6.92 Å². The highest BCUT2D eigenvalue weighted by molar-refractivity contribution is 5.85. The van der Waals surface area contributed by atoms with Crippen molar-refractivity contribution < 1.29 is 14.5 Å². The molecule has 0 unspecified atom stereocenters. The van der Waals surface area contributed by atoms with Gasteiger partial charge in [0.25, 0.3) is 0 Å². The van der Waals surface area contributed by atoms with Crippen molar-refractivity contribution in [1.82, 2.24) is 0 Å². The van der Waals surface area contributed by atoms with Crippen LogP contribution in [0.2, 0.25) is 0 Å². The van der Waals surface area contributed by atoms with E-state index in [1.54, 1.807) is 14.2 Å². The van der Waals surface area contributed by atoms with Gasteiger partial charge in [-0.2, -0.15) is 9.68 Å². The molecule has 0 aromatic carbocycles. The molecule has 0 rings (SSSR count). The Morgan fingerprint density at radius 2 is 1.60 bits per heavy atom. The Labute approximate surface area is 68.8 Å². The Bertz CT molecular complexity index is 76.1. The number of hydrogen-bond acceptors (Lipinski definition) is 2. The van der Waals surface area contributed by atoms with Crippen LogP contribution in [0.3, 0.4) is 0 Å². The Hall–Kier alpha value is 0.170. The highest BCUT2D eigenvalue weighted by atomic mass is 35.5. The third kappa shape index (κ3) is 4.06. The number of nitrogens with zero attached hydrogens (tertiary/aromatic N) is 1. The second kappa shape index (κ2) is 5.92. The predicted octanol–water partition coefficient (Wildman–Crippen LogP) is 1.39. The summed E-state index contributed by atoms with van der Waals surface area (Å²) in [7, 11) is 5.15. The largest absolute Gasteiger partial charge is 0.172 e. The van der Waals surface area contributed by atoms with E-state index in [1.807, 2.05) is 7.05 Å². The smallest absolute Gasteiger partial charge is 0.142 e. The van der Waals surface area contributed by atoms with Gasteiger partial charge in [-0.25, -0.2) is 0 Å². The van der Waals surface area contributed by atoms with Crippen molar-refractivity contribution in [2.75, 3.05) is 27.8 Å². The summed E-state index contributed by atoms with van der Waals surface area (Å²) in [6.45, 7) is 2.97. The number of hydrogen-bond donors (Lipinski definition) is 0. The Kier molecular flexibility index (Phi) is 7.58. The molecule has 0 saturated heterocycles. The quantitative estimate of drug-likeness (QED) is 0.469. The van der Waals surface area contributed by atoms with Crippen LogP contribution in [0.15, 0.2) is 0 Å². The van der Waals surface area contributed by atoms with Gasteiger partial charge in [-0.05, 0) is 11.2 Å². The average molecular weight is 171 g/mol. The highest BCUT2D eigenvalue weighted by Gasteiger charge is 2.19. The molecular weight excluding hydrogens is 154 g/mol. The van der Waals surface area contributed by atoms with Crippen LogP contribution in [0, 0.1) is 0 Å². The summed E-state index contributed by atoms with van der Waals surface area (Å²) >= 11 is 0. The van der Waals surface area contributed by atoms with Crippen LogP contribution in [0.5, 0.6) is 0 Å². The predicted molar refractivity (Wildman–Crippen MR) is 42.6 cm³/mol. The first-order valence-corrected chi connectivity index (χ1v) is 3.15. The highest BCUT2D eigenvalue weighted by Crippen LogP contribution is 2.02. The molecule has 4 heteroatoms. The summed E-state index contributed by atoms with van der Waals surface area (Å²) in [5.41, 5.74) is 0. The third-order valence-electron chi connectivity index (χ3n) is 1.40. The second-order valence-electron chi connectivity index (χ2n) is 2.10. The minimum absolute atomic E-state index is 0. The standard InChI is InChI=1S/C6H16NO2.ClH/c1-5-6-7(2,8-3)9-4;/h5-6H2,1-4H3;1H/q+1;. The summed E-state index contributed by atoms with van der Waals surface area (Å²) in [5, 5.41) is 0. The van der Waals surface area contributed by atoms with E-state index in [1.165, 1.54) is 0 Å². The van der Waals surface area contributed by atoms with Crippen molar-refractivity contribution >= 4 is 12.4 Å². The third-order valence-corrected chi connectivity index (χ3v) is 1.40. The van der Waals surface area contributed by atoms with Gasteiger partial charge in [-0.15, -0.1) is 12.4 Å². The lowest BCUT2D eigenvalue weighted by molar-refractivity contribution is -1.23. The van der Waals surface area contributed by atoms with Crippen LogP contribution in [0.1, 0.15) is 13.3 Å². The van der Waals surface area contributed by atoms with Crippen molar-refractivity contribution in [2.24, 2.45) is 0 Å². The second-order valence-corrected chi connectivity index (χ2v) is 2.10. The number of quaternary nitrogens is 1. The van der Waals surface area contributed by atoms with Gasteiger partial charge < -0.3 is 0 Å². The lowest BCUT2D eigenvalue weighted by Gasteiger charge is -2.24. The van der Waals surface area contributed by atoms with Crippen molar-refractivity contribution in [1.29, 1.82) is 0 Å². The maximum atomic E-state index is 5.04. The van der Waals surface area contributed by atoms with Crippen molar-refractivity contribution in [2.45, 2.75) is 13.3 Å². The Morgan fingerprint density at radius 1 is 1.20 bits per heavy atom. The fraction of sp³-hybridized carbons (Fsp3) is 1.00. The van der Waals surface area contributed by atoms with Crippen LogP contribution in [0.4, 0.5) is 0 Å². The fourth-order valence-electron chi connectivity index (χ4n) is 0.663. The SMILES string of the molecule is CCC[N+](C)(OC)OC.Cl. The first kappa shape index (κ1) is 12.8. The summed E-state index contributed by atoms with van der Waals surface area (Å²) < 4.78 is 0. The number of hydroxylamine groups is 4. The molecule has 0 aliphatic rings. The summed E-state index contributed by atoms with van der Waals surface area (Å²) in [6.07, 6.45) is 1.05. The lowest BCUT2D eigenvalue weighted by Crippen LogP contribution is -2.42. The molecule has 0 bridgehead atoms. The summed E-state index contributed by atoms with van der Waals surface area (Å²) in [6, 6.07) is 0. The average Bonchev–Trinajstić information content (AvgIpc) is 1.89.